The number of hydrogen-bond acceptors (Lipinski definition) is 4. The molecular weight excluding hydrogens is 184 g/mol. The molecule has 1 aliphatic heterocycles. The van der Waals surface area contributed by atoms with Gasteiger partial charge >= 0.3 is 0 Å². The van der Waals surface area contributed by atoms with Crippen molar-refractivity contribution in [2.45, 2.75) is 33.2 Å². The van der Waals surface area contributed by atoms with Crippen LogP contribution in [-0.2, 0) is 14.2 Å². The molecule has 0 radical (unpaired) electrons. The Morgan fingerprint density at radius 3 is 2.43 bits per heavy atom. The summed E-state index contributed by atoms with van der Waals surface area (Å²) in [4.78, 5) is 0. The first kappa shape index (κ1) is 11.9. The van der Waals surface area contributed by atoms with Gasteiger partial charge in [-0.3, -0.25) is 0 Å². The molecule has 0 bridgehead atoms. The molecule has 1 fully saturated rings. The van der Waals surface area contributed by atoms with Crippen LogP contribution in [0, 0.1) is 5.41 Å². The van der Waals surface area contributed by atoms with Crippen molar-refractivity contribution in [2.24, 2.45) is 5.41 Å². The first-order chi connectivity index (χ1) is 6.76. The summed E-state index contributed by atoms with van der Waals surface area (Å²) in [6.45, 7) is 5.28. The van der Waals surface area contributed by atoms with Crippen molar-refractivity contribution in [2.75, 3.05) is 26.4 Å². The minimum atomic E-state index is -0.541. The maximum atomic E-state index is 9.20. The second-order valence-corrected chi connectivity index (χ2v) is 3.79. The standard InChI is InChI=1S/C10H20O4/c1-3-5-12-9-13-7-10(4-2,6-11)8-14-9/h9,11H,3-8H2,1-2H3. The minimum absolute atomic E-state index is 0.101. The van der Waals surface area contributed by atoms with E-state index in [1.807, 2.05) is 13.8 Å². The maximum Gasteiger partial charge on any atom is 0.271 e. The van der Waals surface area contributed by atoms with Crippen LogP contribution in [0.25, 0.3) is 0 Å². The Hall–Kier alpha value is -0.160. The van der Waals surface area contributed by atoms with E-state index in [1.54, 1.807) is 0 Å². The van der Waals surface area contributed by atoms with Crippen LogP contribution >= 0.6 is 0 Å². The molecule has 4 nitrogen and oxygen atoms in total. The number of aliphatic hydroxyl groups excluding tert-OH is 1. The highest BCUT2D eigenvalue weighted by Gasteiger charge is 2.35. The zero-order valence-electron chi connectivity index (χ0n) is 8.99. The molecule has 0 spiro atoms. The van der Waals surface area contributed by atoms with Gasteiger partial charge < -0.3 is 19.3 Å². The molecule has 1 heterocycles. The highest BCUT2D eigenvalue weighted by atomic mass is 16.8. The van der Waals surface area contributed by atoms with Crippen molar-refractivity contribution in [1.82, 2.24) is 0 Å². The Morgan fingerprint density at radius 2 is 2.00 bits per heavy atom. The van der Waals surface area contributed by atoms with Gasteiger partial charge in [-0.1, -0.05) is 13.8 Å². The molecule has 0 atom stereocenters. The zero-order chi connectivity index (χ0) is 10.4. The third-order valence-electron chi connectivity index (χ3n) is 2.59. The zero-order valence-corrected chi connectivity index (χ0v) is 8.99. The Bertz CT molecular complexity index is 146. The lowest BCUT2D eigenvalue weighted by Gasteiger charge is -2.37. The fraction of sp³-hybridized carbons (Fsp3) is 1.00. The van der Waals surface area contributed by atoms with E-state index in [-0.39, 0.29) is 12.0 Å². The van der Waals surface area contributed by atoms with E-state index in [4.69, 9.17) is 14.2 Å². The van der Waals surface area contributed by atoms with Crippen LogP contribution in [0.1, 0.15) is 26.7 Å². The topological polar surface area (TPSA) is 47.9 Å². The van der Waals surface area contributed by atoms with Gasteiger partial charge in [0.25, 0.3) is 6.48 Å². The summed E-state index contributed by atoms with van der Waals surface area (Å²) in [5.41, 5.74) is -0.230. The maximum absolute atomic E-state index is 9.20. The average molecular weight is 204 g/mol. The van der Waals surface area contributed by atoms with Gasteiger partial charge in [0.05, 0.1) is 26.4 Å². The van der Waals surface area contributed by atoms with Gasteiger partial charge in [-0.2, -0.15) is 0 Å². The van der Waals surface area contributed by atoms with Crippen LogP contribution in [0.3, 0.4) is 0 Å². The van der Waals surface area contributed by atoms with Crippen molar-refractivity contribution in [3.63, 3.8) is 0 Å². The van der Waals surface area contributed by atoms with Crippen molar-refractivity contribution in [3.05, 3.63) is 0 Å². The van der Waals surface area contributed by atoms with E-state index in [0.29, 0.717) is 19.8 Å². The Labute approximate surface area is 85.2 Å². The summed E-state index contributed by atoms with van der Waals surface area (Å²) in [6.07, 6.45) is 1.80. The van der Waals surface area contributed by atoms with Crippen molar-refractivity contribution in [1.29, 1.82) is 0 Å². The molecule has 1 N–H and O–H groups in total. The Kier molecular flexibility index (Phi) is 4.81. The van der Waals surface area contributed by atoms with Crippen LogP contribution in [0.15, 0.2) is 0 Å². The second-order valence-electron chi connectivity index (χ2n) is 3.79. The lowest BCUT2D eigenvalue weighted by Crippen LogP contribution is -2.44. The lowest BCUT2D eigenvalue weighted by molar-refractivity contribution is -0.341. The largest absolute Gasteiger partial charge is 0.396 e. The number of hydrogen-bond donors (Lipinski definition) is 1. The molecule has 0 aromatic carbocycles. The fourth-order valence-electron chi connectivity index (χ4n) is 1.30. The highest BCUT2D eigenvalue weighted by Crippen LogP contribution is 2.27. The minimum Gasteiger partial charge on any atom is -0.396 e. The quantitative estimate of drug-likeness (QED) is 0.729. The molecule has 0 aromatic heterocycles. The number of rotatable bonds is 5. The smallest absolute Gasteiger partial charge is 0.271 e. The van der Waals surface area contributed by atoms with Gasteiger partial charge in [0.1, 0.15) is 0 Å². The van der Waals surface area contributed by atoms with Gasteiger partial charge in [0.15, 0.2) is 0 Å². The molecule has 1 saturated heterocycles. The summed E-state index contributed by atoms with van der Waals surface area (Å²) in [6, 6.07) is 0. The summed E-state index contributed by atoms with van der Waals surface area (Å²) in [5, 5.41) is 9.20. The molecule has 0 aromatic rings. The molecule has 1 aliphatic rings. The van der Waals surface area contributed by atoms with Gasteiger partial charge in [-0.15, -0.1) is 0 Å². The van der Waals surface area contributed by atoms with E-state index in [2.05, 4.69) is 0 Å². The predicted molar refractivity (Wildman–Crippen MR) is 51.7 cm³/mol. The van der Waals surface area contributed by atoms with Crippen molar-refractivity contribution >= 4 is 0 Å². The third-order valence-corrected chi connectivity index (χ3v) is 2.59. The average Bonchev–Trinajstić information content (AvgIpc) is 2.27. The molecule has 0 aliphatic carbocycles. The molecule has 0 unspecified atom stereocenters. The molecule has 0 saturated carbocycles. The molecule has 0 amide bonds. The Morgan fingerprint density at radius 1 is 1.36 bits per heavy atom. The van der Waals surface area contributed by atoms with Gasteiger partial charge in [-0.05, 0) is 12.8 Å². The summed E-state index contributed by atoms with van der Waals surface area (Å²) in [5.74, 6) is 0. The summed E-state index contributed by atoms with van der Waals surface area (Å²) < 4.78 is 16.0. The van der Waals surface area contributed by atoms with E-state index in [9.17, 15) is 5.11 Å². The molecule has 84 valence electrons. The highest BCUT2D eigenvalue weighted by molar-refractivity contribution is 4.78. The van der Waals surface area contributed by atoms with Gasteiger partial charge in [0.2, 0.25) is 0 Å². The second kappa shape index (κ2) is 5.66. The van der Waals surface area contributed by atoms with Gasteiger partial charge in [-0.25, -0.2) is 0 Å². The predicted octanol–water partition coefficient (Wildman–Crippen LogP) is 1.13. The lowest BCUT2D eigenvalue weighted by atomic mass is 9.88. The van der Waals surface area contributed by atoms with E-state index in [0.717, 1.165) is 12.8 Å². The first-order valence-corrected chi connectivity index (χ1v) is 5.22. The molecule has 1 rings (SSSR count). The van der Waals surface area contributed by atoms with Crippen molar-refractivity contribution in [3.8, 4) is 0 Å². The first-order valence-electron chi connectivity index (χ1n) is 5.22. The molecule has 4 heteroatoms. The Balaban J connectivity index is 2.29. The summed E-state index contributed by atoms with van der Waals surface area (Å²) in [7, 11) is 0. The third kappa shape index (κ3) is 2.92. The van der Waals surface area contributed by atoms with E-state index >= 15 is 0 Å². The van der Waals surface area contributed by atoms with Crippen LogP contribution < -0.4 is 0 Å². The number of aliphatic hydroxyl groups is 1. The van der Waals surface area contributed by atoms with Crippen LogP contribution in [0.4, 0.5) is 0 Å². The van der Waals surface area contributed by atoms with Crippen LogP contribution in [0.2, 0.25) is 0 Å². The monoisotopic (exact) mass is 204 g/mol. The fourth-order valence-corrected chi connectivity index (χ4v) is 1.30. The van der Waals surface area contributed by atoms with Gasteiger partial charge in [0, 0.05) is 5.41 Å². The van der Waals surface area contributed by atoms with E-state index < -0.39 is 6.48 Å². The van der Waals surface area contributed by atoms with Crippen LogP contribution in [0.5, 0.6) is 0 Å². The van der Waals surface area contributed by atoms with E-state index in [1.165, 1.54) is 0 Å². The van der Waals surface area contributed by atoms with Crippen molar-refractivity contribution < 1.29 is 19.3 Å². The number of ether oxygens (including phenoxy) is 3. The normalized spacial score (nSPS) is 33.2. The SMILES string of the molecule is CCCOC1OCC(CC)(CO)CO1. The molecule has 14 heavy (non-hydrogen) atoms. The van der Waals surface area contributed by atoms with Crippen LogP contribution in [-0.4, -0.2) is 38.0 Å². The summed E-state index contributed by atoms with van der Waals surface area (Å²) >= 11 is 0. The molecular formula is C10H20O4.